The quantitative estimate of drug-likeness (QED) is 0.889. The third-order valence-electron chi connectivity index (χ3n) is 3.29. The Morgan fingerprint density at radius 3 is 2.00 bits per heavy atom. The van der Waals surface area contributed by atoms with Crippen LogP contribution in [0.15, 0.2) is 48.5 Å². The molecule has 4 nitrogen and oxygen atoms in total. The van der Waals surface area contributed by atoms with Gasteiger partial charge in [-0.05, 0) is 54.3 Å². The van der Waals surface area contributed by atoms with E-state index in [1.54, 1.807) is 24.3 Å². The standard InChI is InChI=1S/C18H20N2O2/c1-12(2)11-13-3-5-15(6-4-13)18(22)20-16-9-7-14(8-10-16)17(19)21/h3-10,12H,11H2,1-2H3,(H2,19,21)(H,20,22). The monoisotopic (exact) mass is 296 g/mol. The minimum Gasteiger partial charge on any atom is -0.366 e. The first-order chi connectivity index (χ1) is 10.5. The summed E-state index contributed by atoms with van der Waals surface area (Å²) in [6, 6.07) is 14.1. The van der Waals surface area contributed by atoms with Gasteiger partial charge in [-0.25, -0.2) is 0 Å². The minimum atomic E-state index is -0.487. The first-order valence-electron chi connectivity index (χ1n) is 7.26. The highest BCUT2D eigenvalue weighted by Crippen LogP contribution is 2.13. The van der Waals surface area contributed by atoms with Crippen molar-refractivity contribution in [3.05, 3.63) is 65.2 Å². The Morgan fingerprint density at radius 1 is 0.955 bits per heavy atom. The summed E-state index contributed by atoms with van der Waals surface area (Å²) in [5.41, 5.74) is 8.04. The van der Waals surface area contributed by atoms with Crippen LogP contribution in [0, 0.1) is 5.92 Å². The Morgan fingerprint density at radius 2 is 1.50 bits per heavy atom. The van der Waals surface area contributed by atoms with Crippen molar-refractivity contribution in [1.82, 2.24) is 0 Å². The van der Waals surface area contributed by atoms with Crippen LogP contribution in [0.25, 0.3) is 0 Å². The van der Waals surface area contributed by atoms with E-state index in [2.05, 4.69) is 19.2 Å². The summed E-state index contributed by atoms with van der Waals surface area (Å²) in [5.74, 6) is -0.0787. The highest BCUT2D eigenvalue weighted by atomic mass is 16.2. The van der Waals surface area contributed by atoms with E-state index in [0.29, 0.717) is 22.7 Å². The zero-order valence-electron chi connectivity index (χ0n) is 12.8. The van der Waals surface area contributed by atoms with Crippen LogP contribution in [-0.2, 0) is 6.42 Å². The lowest BCUT2D eigenvalue weighted by molar-refractivity contribution is 0.0998. The van der Waals surface area contributed by atoms with E-state index >= 15 is 0 Å². The van der Waals surface area contributed by atoms with Crippen LogP contribution in [0.2, 0.25) is 0 Å². The third kappa shape index (κ3) is 4.19. The second-order valence-electron chi connectivity index (χ2n) is 5.69. The Bertz CT molecular complexity index is 658. The summed E-state index contributed by atoms with van der Waals surface area (Å²) in [6.45, 7) is 4.33. The maximum Gasteiger partial charge on any atom is 0.255 e. The number of amides is 2. The molecule has 2 aromatic carbocycles. The molecular weight excluding hydrogens is 276 g/mol. The molecular formula is C18H20N2O2. The molecule has 2 amide bonds. The molecule has 0 radical (unpaired) electrons. The fraction of sp³-hybridized carbons (Fsp3) is 0.222. The molecule has 0 aromatic heterocycles. The molecule has 0 saturated heterocycles. The zero-order valence-corrected chi connectivity index (χ0v) is 12.8. The van der Waals surface area contributed by atoms with Crippen LogP contribution < -0.4 is 11.1 Å². The Kier molecular flexibility index (Phi) is 4.94. The van der Waals surface area contributed by atoms with Crippen molar-refractivity contribution in [2.45, 2.75) is 20.3 Å². The molecule has 0 aliphatic heterocycles. The van der Waals surface area contributed by atoms with Gasteiger partial charge in [0.2, 0.25) is 5.91 Å². The molecule has 0 saturated carbocycles. The van der Waals surface area contributed by atoms with Crippen LogP contribution in [0.1, 0.15) is 40.1 Å². The number of benzene rings is 2. The fourth-order valence-electron chi connectivity index (χ4n) is 2.18. The van der Waals surface area contributed by atoms with Crippen molar-refractivity contribution in [2.75, 3.05) is 5.32 Å². The van der Waals surface area contributed by atoms with Crippen LogP contribution >= 0.6 is 0 Å². The van der Waals surface area contributed by atoms with E-state index in [1.165, 1.54) is 5.56 Å². The molecule has 2 rings (SSSR count). The van der Waals surface area contributed by atoms with Gasteiger partial charge >= 0.3 is 0 Å². The van der Waals surface area contributed by atoms with Crippen LogP contribution in [0.4, 0.5) is 5.69 Å². The van der Waals surface area contributed by atoms with Crippen molar-refractivity contribution < 1.29 is 9.59 Å². The Hall–Kier alpha value is -2.62. The predicted octanol–water partition coefficient (Wildman–Crippen LogP) is 3.24. The van der Waals surface area contributed by atoms with Crippen molar-refractivity contribution in [2.24, 2.45) is 11.7 Å². The van der Waals surface area contributed by atoms with Crippen LogP contribution in [0.3, 0.4) is 0 Å². The van der Waals surface area contributed by atoms with Crippen molar-refractivity contribution in [3.8, 4) is 0 Å². The van der Waals surface area contributed by atoms with Gasteiger partial charge in [0, 0.05) is 16.8 Å². The van der Waals surface area contributed by atoms with Gasteiger partial charge in [0.1, 0.15) is 0 Å². The summed E-state index contributed by atoms with van der Waals surface area (Å²) in [6.07, 6.45) is 0.997. The molecule has 3 N–H and O–H groups in total. The van der Waals surface area contributed by atoms with E-state index in [1.807, 2.05) is 24.3 Å². The summed E-state index contributed by atoms with van der Waals surface area (Å²) >= 11 is 0. The Labute approximate surface area is 130 Å². The predicted molar refractivity (Wildman–Crippen MR) is 87.9 cm³/mol. The van der Waals surface area contributed by atoms with Crippen molar-refractivity contribution in [3.63, 3.8) is 0 Å². The molecule has 22 heavy (non-hydrogen) atoms. The highest BCUT2D eigenvalue weighted by Gasteiger charge is 2.07. The van der Waals surface area contributed by atoms with Crippen LogP contribution in [0.5, 0.6) is 0 Å². The number of hydrogen-bond donors (Lipinski definition) is 2. The van der Waals surface area contributed by atoms with Crippen molar-refractivity contribution >= 4 is 17.5 Å². The number of primary amides is 1. The van der Waals surface area contributed by atoms with Gasteiger partial charge in [0.15, 0.2) is 0 Å². The number of nitrogens with one attached hydrogen (secondary N) is 1. The first kappa shape index (κ1) is 15.8. The van der Waals surface area contributed by atoms with Gasteiger partial charge in [-0.1, -0.05) is 26.0 Å². The van der Waals surface area contributed by atoms with Gasteiger partial charge in [-0.15, -0.1) is 0 Å². The van der Waals surface area contributed by atoms with Gasteiger partial charge in [0.05, 0.1) is 0 Å². The maximum absolute atomic E-state index is 12.2. The topological polar surface area (TPSA) is 72.2 Å². The molecule has 0 heterocycles. The lowest BCUT2D eigenvalue weighted by atomic mass is 10.0. The van der Waals surface area contributed by atoms with E-state index in [9.17, 15) is 9.59 Å². The van der Waals surface area contributed by atoms with E-state index in [4.69, 9.17) is 5.73 Å². The summed E-state index contributed by atoms with van der Waals surface area (Å²) in [7, 11) is 0. The van der Waals surface area contributed by atoms with Gasteiger partial charge < -0.3 is 11.1 Å². The average Bonchev–Trinajstić information content (AvgIpc) is 2.48. The second-order valence-corrected chi connectivity index (χ2v) is 5.69. The fourth-order valence-corrected chi connectivity index (χ4v) is 2.18. The molecule has 114 valence electrons. The molecule has 0 aliphatic carbocycles. The van der Waals surface area contributed by atoms with E-state index in [-0.39, 0.29) is 5.91 Å². The second kappa shape index (κ2) is 6.89. The van der Waals surface area contributed by atoms with Gasteiger partial charge in [-0.2, -0.15) is 0 Å². The number of nitrogens with two attached hydrogens (primary N) is 1. The molecule has 0 spiro atoms. The lowest BCUT2D eigenvalue weighted by Gasteiger charge is -2.08. The highest BCUT2D eigenvalue weighted by molar-refractivity contribution is 6.04. The third-order valence-corrected chi connectivity index (χ3v) is 3.29. The summed E-state index contributed by atoms with van der Waals surface area (Å²) < 4.78 is 0. The average molecular weight is 296 g/mol. The summed E-state index contributed by atoms with van der Waals surface area (Å²) in [5, 5.41) is 2.79. The smallest absolute Gasteiger partial charge is 0.255 e. The van der Waals surface area contributed by atoms with E-state index < -0.39 is 5.91 Å². The van der Waals surface area contributed by atoms with Crippen molar-refractivity contribution in [1.29, 1.82) is 0 Å². The summed E-state index contributed by atoms with van der Waals surface area (Å²) in [4.78, 5) is 23.2. The normalized spacial score (nSPS) is 10.5. The Balaban J connectivity index is 2.03. The zero-order chi connectivity index (χ0) is 16.1. The lowest BCUT2D eigenvalue weighted by Crippen LogP contribution is -2.13. The minimum absolute atomic E-state index is 0.178. The number of anilines is 1. The molecule has 0 bridgehead atoms. The molecule has 0 fully saturated rings. The van der Waals surface area contributed by atoms with Crippen LogP contribution in [-0.4, -0.2) is 11.8 Å². The molecule has 2 aromatic rings. The molecule has 4 heteroatoms. The number of hydrogen-bond acceptors (Lipinski definition) is 2. The van der Waals surface area contributed by atoms with Gasteiger partial charge in [-0.3, -0.25) is 9.59 Å². The SMILES string of the molecule is CC(C)Cc1ccc(C(=O)Nc2ccc(C(N)=O)cc2)cc1. The maximum atomic E-state index is 12.2. The number of carbonyl (C=O) groups is 2. The molecule has 0 atom stereocenters. The molecule has 0 unspecified atom stereocenters. The van der Waals surface area contributed by atoms with E-state index in [0.717, 1.165) is 6.42 Å². The number of carbonyl (C=O) groups excluding carboxylic acids is 2. The first-order valence-corrected chi connectivity index (χ1v) is 7.26. The number of rotatable bonds is 5. The van der Waals surface area contributed by atoms with Gasteiger partial charge in [0.25, 0.3) is 5.91 Å². The molecule has 0 aliphatic rings. The largest absolute Gasteiger partial charge is 0.366 e.